The standard InChI is InChI=1S/C13H19N5O2S/c1-10(11-6-7-11)17(2)21(19,20)14-9-13-16-15-12-5-3-4-8-18(12)13/h3-5,8,10-11,14H,6-7,9H2,1-2H3/t10-/m0/s1. The molecule has 8 heteroatoms. The van der Waals surface area contributed by atoms with Crippen LogP contribution in [-0.2, 0) is 16.8 Å². The molecule has 0 spiro atoms. The van der Waals surface area contributed by atoms with Crippen LogP contribution in [0.2, 0.25) is 0 Å². The molecule has 3 rings (SSSR count). The summed E-state index contributed by atoms with van der Waals surface area (Å²) in [5.41, 5.74) is 0.700. The van der Waals surface area contributed by atoms with Gasteiger partial charge in [0.05, 0.1) is 6.54 Å². The molecule has 0 aromatic carbocycles. The van der Waals surface area contributed by atoms with Gasteiger partial charge in [-0.05, 0) is 37.8 Å². The lowest BCUT2D eigenvalue weighted by molar-refractivity contribution is 0.351. The Morgan fingerprint density at radius 2 is 2.19 bits per heavy atom. The van der Waals surface area contributed by atoms with E-state index in [1.54, 1.807) is 11.4 Å². The normalized spacial score (nSPS) is 17.5. The van der Waals surface area contributed by atoms with E-state index in [0.717, 1.165) is 12.8 Å². The van der Waals surface area contributed by atoms with Gasteiger partial charge < -0.3 is 0 Å². The second-order valence-electron chi connectivity index (χ2n) is 5.47. The van der Waals surface area contributed by atoms with Gasteiger partial charge in [-0.1, -0.05) is 6.07 Å². The third-order valence-corrected chi connectivity index (χ3v) is 5.65. The number of hydrogen-bond acceptors (Lipinski definition) is 4. The van der Waals surface area contributed by atoms with Gasteiger partial charge in [0.25, 0.3) is 10.2 Å². The molecule has 2 heterocycles. The van der Waals surface area contributed by atoms with Crippen LogP contribution in [0.3, 0.4) is 0 Å². The fourth-order valence-corrected chi connectivity index (χ4v) is 3.49. The molecular formula is C13H19N5O2S. The lowest BCUT2D eigenvalue weighted by Gasteiger charge is -2.24. The Morgan fingerprint density at radius 3 is 2.90 bits per heavy atom. The van der Waals surface area contributed by atoms with Crippen molar-refractivity contribution in [1.82, 2.24) is 23.6 Å². The van der Waals surface area contributed by atoms with Crippen molar-refractivity contribution in [2.75, 3.05) is 7.05 Å². The summed E-state index contributed by atoms with van der Waals surface area (Å²) in [6, 6.07) is 5.57. The van der Waals surface area contributed by atoms with Crippen LogP contribution in [0.15, 0.2) is 24.4 Å². The number of aromatic nitrogens is 3. The summed E-state index contributed by atoms with van der Waals surface area (Å²) in [7, 11) is -1.89. The van der Waals surface area contributed by atoms with Gasteiger partial charge in [-0.2, -0.15) is 17.4 Å². The van der Waals surface area contributed by atoms with Gasteiger partial charge in [0.15, 0.2) is 11.5 Å². The monoisotopic (exact) mass is 309 g/mol. The zero-order valence-electron chi connectivity index (χ0n) is 12.1. The fraction of sp³-hybridized carbons (Fsp3) is 0.538. The van der Waals surface area contributed by atoms with Crippen LogP contribution >= 0.6 is 0 Å². The Kier molecular flexibility index (Phi) is 3.68. The van der Waals surface area contributed by atoms with Crippen molar-refractivity contribution in [3.63, 3.8) is 0 Å². The summed E-state index contributed by atoms with van der Waals surface area (Å²) in [5.74, 6) is 1.06. The van der Waals surface area contributed by atoms with Gasteiger partial charge in [-0.3, -0.25) is 4.40 Å². The molecule has 2 aromatic heterocycles. The average molecular weight is 309 g/mol. The fourth-order valence-electron chi connectivity index (χ4n) is 2.36. The van der Waals surface area contributed by atoms with Gasteiger partial charge in [0.1, 0.15) is 0 Å². The SMILES string of the molecule is C[C@@H](C1CC1)N(C)S(=O)(=O)NCc1nnc2ccccn12. The molecule has 1 N–H and O–H groups in total. The third-order valence-electron chi connectivity index (χ3n) is 4.05. The lowest BCUT2D eigenvalue weighted by Crippen LogP contribution is -2.43. The minimum Gasteiger partial charge on any atom is -0.285 e. The summed E-state index contributed by atoms with van der Waals surface area (Å²) in [4.78, 5) is 0. The van der Waals surface area contributed by atoms with Crippen molar-refractivity contribution in [3.8, 4) is 0 Å². The molecule has 1 atom stereocenters. The highest BCUT2D eigenvalue weighted by Crippen LogP contribution is 2.35. The van der Waals surface area contributed by atoms with E-state index in [4.69, 9.17) is 0 Å². The minimum atomic E-state index is -3.51. The molecule has 0 amide bonds. The number of fused-ring (bicyclic) bond motifs is 1. The quantitative estimate of drug-likeness (QED) is 0.856. The molecule has 0 aliphatic heterocycles. The number of nitrogens with one attached hydrogen (secondary N) is 1. The van der Waals surface area contributed by atoms with Gasteiger partial charge in [-0.15, -0.1) is 10.2 Å². The lowest BCUT2D eigenvalue weighted by atomic mass is 10.2. The van der Waals surface area contributed by atoms with Crippen molar-refractivity contribution in [3.05, 3.63) is 30.2 Å². The van der Waals surface area contributed by atoms with Crippen LogP contribution in [0.5, 0.6) is 0 Å². The van der Waals surface area contributed by atoms with E-state index in [1.807, 2.05) is 31.3 Å². The van der Waals surface area contributed by atoms with Crippen LogP contribution in [0, 0.1) is 5.92 Å². The van der Waals surface area contributed by atoms with Gasteiger partial charge in [-0.25, -0.2) is 0 Å². The Balaban J connectivity index is 1.71. The maximum absolute atomic E-state index is 12.3. The Morgan fingerprint density at radius 1 is 1.43 bits per heavy atom. The Hall–Kier alpha value is -1.51. The molecule has 1 aliphatic carbocycles. The van der Waals surface area contributed by atoms with E-state index >= 15 is 0 Å². The van der Waals surface area contributed by atoms with E-state index in [9.17, 15) is 8.42 Å². The molecule has 0 radical (unpaired) electrons. The van der Waals surface area contributed by atoms with Gasteiger partial charge in [0, 0.05) is 19.3 Å². The topological polar surface area (TPSA) is 79.6 Å². The number of pyridine rings is 1. The number of rotatable bonds is 6. The van der Waals surface area contributed by atoms with Crippen LogP contribution in [0.1, 0.15) is 25.6 Å². The molecular weight excluding hydrogens is 290 g/mol. The van der Waals surface area contributed by atoms with Crippen LogP contribution < -0.4 is 4.72 Å². The van der Waals surface area contributed by atoms with Gasteiger partial charge in [0.2, 0.25) is 0 Å². The molecule has 2 aromatic rings. The average Bonchev–Trinajstić information content (AvgIpc) is 3.24. The summed E-state index contributed by atoms with van der Waals surface area (Å²) >= 11 is 0. The van der Waals surface area contributed by atoms with Gasteiger partial charge >= 0.3 is 0 Å². The van der Waals surface area contributed by atoms with E-state index in [-0.39, 0.29) is 12.6 Å². The van der Waals surface area contributed by atoms with E-state index < -0.39 is 10.2 Å². The molecule has 1 fully saturated rings. The summed E-state index contributed by atoms with van der Waals surface area (Å²) in [6.07, 6.45) is 4.03. The second-order valence-corrected chi connectivity index (χ2v) is 7.28. The Labute approximate surface area is 124 Å². The molecule has 1 aliphatic rings. The molecule has 114 valence electrons. The molecule has 0 unspecified atom stereocenters. The third kappa shape index (κ3) is 2.92. The molecule has 21 heavy (non-hydrogen) atoms. The molecule has 7 nitrogen and oxygen atoms in total. The number of hydrogen-bond donors (Lipinski definition) is 1. The highest BCUT2D eigenvalue weighted by molar-refractivity contribution is 7.87. The smallest absolute Gasteiger partial charge is 0.279 e. The second kappa shape index (κ2) is 5.36. The van der Waals surface area contributed by atoms with Crippen molar-refractivity contribution in [1.29, 1.82) is 0 Å². The number of nitrogens with zero attached hydrogens (tertiary/aromatic N) is 4. The predicted octanol–water partition coefficient (Wildman–Crippen LogP) is 0.794. The highest BCUT2D eigenvalue weighted by Gasteiger charge is 2.35. The summed E-state index contributed by atoms with van der Waals surface area (Å²) in [5, 5.41) is 8.02. The highest BCUT2D eigenvalue weighted by atomic mass is 32.2. The molecule has 0 bridgehead atoms. The maximum atomic E-state index is 12.3. The van der Waals surface area contributed by atoms with Crippen LogP contribution in [-0.4, -0.2) is 40.4 Å². The first-order valence-corrected chi connectivity index (χ1v) is 8.44. The van der Waals surface area contributed by atoms with E-state index in [2.05, 4.69) is 14.9 Å². The van der Waals surface area contributed by atoms with Crippen molar-refractivity contribution < 1.29 is 8.42 Å². The predicted molar refractivity (Wildman–Crippen MR) is 78.7 cm³/mol. The van der Waals surface area contributed by atoms with Crippen molar-refractivity contribution >= 4 is 15.9 Å². The first kappa shape index (κ1) is 14.4. The first-order chi connectivity index (χ1) is 9.99. The maximum Gasteiger partial charge on any atom is 0.279 e. The van der Waals surface area contributed by atoms with Crippen LogP contribution in [0.4, 0.5) is 0 Å². The van der Waals surface area contributed by atoms with Crippen molar-refractivity contribution in [2.45, 2.75) is 32.4 Å². The Bertz CT molecular complexity index is 738. The van der Waals surface area contributed by atoms with E-state index in [0.29, 0.717) is 17.4 Å². The minimum absolute atomic E-state index is 0.0256. The summed E-state index contributed by atoms with van der Waals surface area (Å²) < 4.78 is 30.4. The largest absolute Gasteiger partial charge is 0.285 e. The zero-order valence-corrected chi connectivity index (χ0v) is 12.9. The molecule has 0 saturated heterocycles. The summed E-state index contributed by atoms with van der Waals surface area (Å²) in [6.45, 7) is 2.07. The van der Waals surface area contributed by atoms with Crippen LogP contribution in [0.25, 0.3) is 5.65 Å². The van der Waals surface area contributed by atoms with Crippen molar-refractivity contribution in [2.24, 2.45) is 5.92 Å². The van der Waals surface area contributed by atoms with E-state index in [1.165, 1.54) is 4.31 Å². The molecule has 1 saturated carbocycles. The first-order valence-electron chi connectivity index (χ1n) is 7.00. The zero-order chi connectivity index (χ0) is 15.0.